The molecule has 0 unspecified atom stereocenters. The molecule has 0 aromatic heterocycles. The minimum absolute atomic E-state index is 0.0737. The monoisotopic (exact) mass is 285 g/mol. The largest absolute Gasteiger partial charge is 0.352 e. The molecule has 0 aliphatic rings. The molecule has 1 aromatic rings. The van der Waals surface area contributed by atoms with Gasteiger partial charge in [-0.25, -0.2) is 4.39 Å². The Hall–Kier alpha value is -1.09. The summed E-state index contributed by atoms with van der Waals surface area (Å²) >= 11 is 5.86. The van der Waals surface area contributed by atoms with E-state index in [1.807, 2.05) is 0 Å². The van der Waals surface area contributed by atoms with E-state index in [1.54, 1.807) is 0 Å². The standard InChI is InChI=1S/C15H21ClFNO/c1-9(2)11(10(3)4)8-18-15(19)14-12(16)6-5-7-13(14)17/h5-7,9-11H,8H2,1-4H3,(H,18,19). The van der Waals surface area contributed by atoms with E-state index in [0.29, 0.717) is 24.3 Å². The lowest BCUT2D eigenvalue weighted by Crippen LogP contribution is -2.34. The Labute approximate surface area is 119 Å². The molecule has 106 valence electrons. The smallest absolute Gasteiger partial charge is 0.255 e. The molecule has 1 amide bonds. The molecule has 0 heterocycles. The fourth-order valence-electron chi connectivity index (χ4n) is 2.25. The Morgan fingerprint density at radius 1 is 1.26 bits per heavy atom. The predicted molar refractivity (Wildman–Crippen MR) is 76.9 cm³/mol. The van der Waals surface area contributed by atoms with Crippen molar-refractivity contribution in [2.45, 2.75) is 27.7 Å². The molecule has 0 atom stereocenters. The zero-order valence-electron chi connectivity index (χ0n) is 11.8. The number of hydrogen-bond donors (Lipinski definition) is 1. The quantitative estimate of drug-likeness (QED) is 0.866. The molecule has 4 heteroatoms. The average Bonchev–Trinajstić information content (AvgIpc) is 2.27. The van der Waals surface area contributed by atoms with E-state index in [0.717, 1.165) is 0 Å². The van der Waals surface area contributed by atoms with Crippen LogP contribution < -0.4 is 5.32 Å². The van der Waals surface area contributed by atoms with Crippen molar-refractivity contribution in [2.75, 3.05) is 6.54 Å². The lowest BCUT2D eigenvalue weighted by atomic mass is 9.85. The number of hydrogen-bond acceptors (Lipinski definition) is 1. The van der Waals surface area contributed by atoms with Crippen LogP contribution in [0.5, 0.6) is 0 Å². The van der Waals surface area contributed by atoms with Gasteiger partial charge in [0.15, 0.2) is 0 Å². The van der Waals surface area contributed by atoms with E-state index in [2.05, 4.69) is 33.0 Å². The van der Waals surface area contributed by atoms with Crippen molar-refractivity contribution in [3.63, 3.8) is 0 Å². The topological polar surface area (TPSA) is 29.1 Å². The van der Waals surface area contributed by atoms with Crippen molar-refractivity contribution in [3.05, 3.63) is 34.6 Å². The lowest BCUT2D eigenvalue weighted by Gasteiger charge is -2.25. The van der Waals surface area contributed by atoms with E-state index in [4.69, 9.17) is 11.6 Å². The second-order valence-corrected chi connectivity index (χ2v) is 5.87. The Kier molecular flexibility index (Phi) is 5.80. The predicted octanol–water partition coefficient (Wildman–Crippen LogP) is 4.14. The summed E-state index contributed by atoms with van der Waals surface area (Å²) in [5.74, 6) is 0.229. The van der Waals surface area contributed by atoms with Crippen molar-refractivity contribution in [2.24, 2.45) is 17.8 Å². The van der Waals surface area contributed by atoms with Crippen molar-refractivity contribution < 1.29 is 9.18 Å². The number of amides is 1. The second kappa shape index (κ2) is 6.90. The third-order valence-electron chi connectivity index (χ3n) is 3.40. The van der Waals surface area contributed by atoms with Gasteiger partial charge in [-0.15, -0.1) is 0 Å². The Balaban J connectivity index is 2.75. The Morgan fingerprint density at radius 3 is 2.32 bits per heavy atom. The molecule has 0 radical (unpaired) electrons. The molecule has 2 nitrogen and oxygen atoms in total. The fraction of sp³-hybridized carbons (Fsp3) is 0.533. The number of carbonyl (C=O) groups is 1. The fourth-order valence-corrected chi connectivity index (χ4v) is 2.50. The van der Waals surface area contributed by atoms with Crippen LogP contribution in [0.3, 0.4) is 0 Å². The molecule has 1 rings (SSSR count). The molecule has 0 spiro atoms. The van der Waals surface area contributed by atoms with Gasteiger partial charge in [0.25, 0.3) is 5.91 Å². The Bertz CT molecular complexity index is 418. The zero-order chi connectivity index (χ0) is 14.6. The van der Waals surface area contributed by atoms with Gasteiger partial charge in [-0.1, -0.05) is 45.4 Å². The van der Waals surface area contributed by atoms with Gasteiger partial charge in [0.2, 0.25) is 0 Å². The lowest BCUT2D eigenvalue weighted by molar-refractivity contribution is 0.0933. The van der Waals surface area contributed by atoms with Crippen LogP contribution in [0, 0.1) is 23.6 Å². The number of rotatable bonds is 5. The van der Waals surface area contributed by atoms with Gasteiger partial charge >= 0.3 is 0 Å². The summed E-state index contributed by atoms with van der Waals surface area (Å²) in [6.07, 6.45) is 0. The first-order chi connectivity index (χ1) is 8.84. The number of benzene rings is 1. The van der Waals surface area contributed by atoms with Crippen LogP contribution in [0.25, 0.3) is 0 Å². The minimum Gasteiger partial charge on any atom is -0.352 e. The molecule has 0 aliphatic heterocycles. The third-order valence-corrected chi connectivity index (χ3v) is 3.72. The summed E-state index contributed by atoms with van der Waals surface area (Å²) in [7, 11) is 0. The normalized spacial score (nSPS) is 11.4. The van der Waals surface area contributed by atoms with Crippen molar-refractivity contribution in [1.29, 1.82) is 0 Å². The van der Waals surface area contributed by atoms with Crippen molar-refractivity contribution >= 4 is 17.5 Å². The summed E-state index contributed by atoms with van der Waals surface area (Å²) < 4.78 is 13.6. The van der Waals surface area contributed by atoms with Crippen molar-refractivity contribution in [1.82, 2.24) is 5.32 Å². The van der Waals surface area contributed by atoms with Crippen LogP contribution in [-0.2, 0) is 0 Å². The van der Waals surface area contributed by atoms with E-state index in [-0.39, 0.29) is 10.6 Å². The van der Waals surface area contributed by atoms with E-state index in [9.17, 15) is 9.18 Å². The van der Waals surface area contributed by atoms with Crippen LogP contribution in [0.1, 0.15) is 38.1 Å². The van der Waals surface area contributed by atoms with Crippen LogP contribution in [0.15, 0.2) is 18.2 Å². The summed E-state index contributed by atoms with van der Waals surface area (Å²) in [6.45, 7) is 9.00. The van der Waals surface area contributed by atoms with Crippen molar-refractivity contribution in [3.8, 4) is 0 Å². The van der Waals surface area contributed by atoms with Gasteiger partial charge < -0.3 is 5.32 Å². The van der Waals surface area contributed by atoms with Gasteiger partial charge in [0, 0.05) is 6.54 Å². The molecule has 19 heavy (non-hydrogen) atoms. The molecule has 1 aromatic carbocycles. The first-order valence-electron chi connectivity index (χ1n) is 6.56. The van der Waals surface area contributed by atoms with Crippen LogP contribution in [-0.4, -0.2) is 12.5 Å². The second-order valence-electron chi connectivity index (χ2n) is 5.46. The van der Waals surface area contributed by atoms with E-state index in [1.165, 1.54) is 18.2 Å². The van der Waals surface area contributed by atoms with Gasteiger partial charge in [-0.05, 0) is 29.9 Å². The molecular weight excluding hydrogens is 265 g/mol. The first-order valence-corrected chi connectivity index (χ1v) is 6.94. The first kappa shape index (κ1) is 16.0. The molecular formula is C15H21ClFNO. The molecule has 0 fully saturated rings. The SMILES string of the molecule is CC(C)C(CNC(=O)c1c(F)cccc1Cl)C(C)C. The van der Waals surface area contributed by atoms with Gasteiger partial charge in [0.05, 0.1) is 10.6 Å². The van der Waals surface area contributed by atoms with E-state index >= 15 is 0 Å². The van der Waals surface area contributed by atoms with Gasteiger partial charge in [-0.2, -0.15) is 0 Å². The summed E-state index contributed by atoms with van der Waals surface area (Å²) in [5.41, 5.74) is -0.0737. The maximum Gasteiger partial charge on any atom is 0.255 e. The Morgan fingerprint density at radius 2 is 1.84 bits per heavy atom. The summed E-state index contributed by atoms with van der Waals surface area (Å²) in [6, 6.07) is 4.24. The number of carbonyl (C=O) groups excluding carboxylic acids is 1. The average molecular weight is 286 g/mol. The maximum atomic E-state index is 13.6. The summed E-state index contributed by atoms with van der Waals surface area (Å²) in [5, 5.41) is 2.92. The highest BCUT2D eigenvalue weighted by Gasteiger charge is 2.20. The van der Waals surface area contributed by atoms with Crippen LogP contribution in [0.2, 0.25) is 5.02 Å². The third kappa shape index (κ3) is 4.20. The highest BCUT2D eigenvalue weighted by atomic mass is 35.5. The molecule has 0 saturated carbocycles. The number of halogens is 2. The molecule has 1 N–H and O–H groups in total. The zero-order valence-corrected chi connectivity index (χ0v) is 12.6. The molecule has 0 saturated heterocycles. The summed E-state index contributed by atoms with van der Waals surface area (Å²) in [4.78, 5) is 12.0. The molecule has 0 bridgehead atoms. The highest BCUT2D eigenvalue weighted by molar-refractivity contribution is 6.33. The van der Waals surface area contributed by atoms with Gasteiger partial charge in [-0.3, -0.25) is 4.79 Å². The maximum absolute atomic E-state index is 13.6. The van der Waals surface area contributed by atoms with Crippen LogP contribution >= 0.6 is 11.6 Å². The molecule has 0 aliphatic carbocycles. The highest BCUT2D eigenvalue weighted by Crippen LogP contribution is 2.21. The number of nitrogens with one attached hydrogen (secondary N) is 1. The minimum atomic E-state index is -0.587. The van der Waals surface area contributed by atoms with Gasteiger partial charge in [0.1, 0.15) is 5.82 Å². The van der Waals surface area contributed by atoms with Crippen LogP contribution in [0.4, 0.5) is 4.39 Å². The van der Waals surface area contributed by atoms with E-state index < -0.39 is 11.7 Å².